The van der Waals surface area contributed by atoms with Crippen LogP contribution in [-0.2, 0) is 38.8 Å². The molecule has 0 saturated carbocycles. The Bertz CT molecular complexity index is 941. The Morgan fingerprint density at radius 3 is 1.64 bits per heavy atom. The SMILES string of the molecule is O[C@@H]1[C@@H](OCc2ccccc2)[C@H](OCc2ccccc2)[C@@H](COCc2ccccc2)O[C@H]1S. The van der Waals surface area contributed by atoms with Gasteiger partial charge < -0.3 is 24.1 Å². The molecule has 0 bridgehead atoms. The van der Waals surface area contributed by atoms with E-state index in [1.54, 1.807) is 0 Å². The number of rotatable bonds is 10. The van der Waals surface area contributed by atoms with Crippen LogP contribution in [0.3, 0.4) is 0 Å². The number of benzene rings is 3. The minimum atomic E-state index is -0.941. The summed E-state index contributed by atoms with van der Waals surface area (Å²) in [5, 5.41) is 10.9. The van der Waals surface area contributed by atoms with Crippen LogP contribution in [0.1, 0.15) is 16.7 Å². The van der Waals surface area contributed by atoms with Crippen molar-refractivity contribution in [2.75, 3.05) is 6.61 Å². The van der Waals surface area contributed by atoms with E-state index in [1.807, 2.05) is 91.0 Å². The highest BCUT2D eigenvalue weighted by Crippen LogP contribution is 2.29. The molecule has 3 aromatic carbocycles. The fraction of sp³-hybridized carbons (Fsp3) is 0.333. The third kappa shape index (κ3) is 6.90. The fourth-order valence-corrected chi connectivity index (χ4v) is 4.16. The molecule has 0 amide bonds. The first kappa shape index (κ1) is 24.0. The molecule has 1 aliphatic rings. The molecule has 0 unspecified atom stereocenters. The summed E-state index contributed by atoms with van der Waals surface area (Å²) in [4.78, 5) is 0. The van der Waals surface area contributed by atoms with Crippen molar-refractivity contribution in [3.63, 3.8) is 0 Å². The molecular weight excluding hydrogens is 436 g/mol. The van der Waals surface area contributed by atoms with Crippen LogP contribution in [0.5, 0.6) is 0 Å². The maximum Gasteiger partial charge on any atom is 0.129 e. The van der Waals surface area contributed by atoms with E-state index in [1.165, 1.54) is 0 Å². The summed E-state index contributed by atoms with van der Waals surface area (Å²) in [6.07, 6.45) is -2.52. The van der Waals surface area contributed by atoms with Gasteiger partial charge in [-0.2, -0.15) is 0 Å². The summed E-state index contributed by atoms with van der Waals surface area (Å²) >= 11 is 4.46. The molecule has 1 N–H and O–H groups in total. The standard InChI is InChI=1S/C27H30O5S/c28-24-26(31-18-22-14-8-3-9-15-22)25(30-17-21-12-6-2-7-13-21)23(32-27(24)33)19-29-16-20-10-4-1-5-11-20/h1-15,23-28,33H,16-19H2/t23-,24-,25-,26-,27+/m1/s1. The lowest BCUT2D eigenvalue weighted by molar-refractivity contribution is -0.242. The second kappa shape index (κ2) is 12.3. The van der Waals surface area contributed by atoms with Crippen LogP contribution in [0.25, 0.3) is 0 Å². The van der Waals surface area contributed by atoms with E-state index >= 15 is 0 Å². The zero-order chi connectivity index (χ0) is 22.9. The fourth-order valence-electron chi connectivity index (χ4n) is 3.84. The predicted molar refractivity (Wildman–Crippen MR) is 130 cm³/mol. The van der Waals surface area contributed by atoms with Gasteiger partial charge >= 0.3 is 0 Å². The average Bonchev–Trinajstić information content (AvgIpc) is 2.86. The van der Waals surface area contributed by atoms with Crippen LogP contribution in [-0.4, -0.2) is 41.6 Å². The second-order valence-electron chi connectivity index (χ2n) is 8.08. The molecule has 0 radical (unpaired) electrons. The minimum absolute atomic E-state index is 0.295. The molecule has 0 spiro atoms. The maximum atomic E-state index is 10.9. The van der Waals surface area contributed by atoms with Gasteiger partial charge in [0.1, 0.15) is 29.9 Å². The van der Waals surface area contributed by atoms with E-state index < -0.39 is 29.9 Å². The van der Waals surface area contributed by atoms with Gasteiger partial charge in [-0.3, -0.25) is 0 Å². The molecule has 0 aliphatic carbocycles. The summed E-state index contributed by atoms with van der Waals surface area (Å²) in [6, 6.07) is 29.7. The quantitative estimate of drug-likeness (QED) is 0.434. The Labute approximate surface area is 200 Å². The highest BCUT2D eigenvalue weighted by molar-refractivity contribution is 7.80. The molecule has 5 atom stereocenters. The average molecular weight is 467 g/mol. The van der Waals surface area contributed by atoms with Crippen LogP contribution < -0.4 is 0 Å². The Balaban J connectivity index is 1.46. The van der Waals surface area contributed by atoms with Crippen molar-refractivity contribution in [1.82, 2.24) is 0 Å². The van der Waals surface area contributed by atoms with E-state index in [-0.39, 0.29) is 0 Å². The molecule has 174 valence electrons. The van der Waals surface area contributed by atoms with Crippen molar-refractivity contribution in [3.05, 3.63) is 108 Å². The van der Waals surface area contributed by atoms with Crippen LogP contribution in [0.4, 0.5) is 0 Å². The van der Waals surface area contributed by atoms with E-state index in [4.69, 9.17) is 18.9 Å². The Morgan fingerprint density at radius 1 is 0.667 bits per heavy atom. The molecule has 6 heteroatoms. The van der Waals surface area contributed by atoms with E-state index in [0.717, 1.165) is 16.7 Å². The van der Waals surface area contributed by atoms with E-state index in [0.29, 0.717) is 26.4 Å². The summed E-state index contributed by atoms with van der Waals surface area (Å²) in [5.41, 5.74) is 2.43. The van der Waals surface area contributed by atoms with Crippen molar-refractivity contribution < 1.29 is 24.1 Å². The van der Waals surface area contributed by atoms with E-state index in [2.05, 4.69) is 12.6 Å². The number of hydrogen-bond acceptors (Lipinski definition) is 6. The number of hydrogen-bond donors (Lipinski definition) is 2. The van der Waals surface area contributed by atoms with Crippen molar-refractivity contribution in [3.8, 4) is 0 Å². The van der Waals surface area contributed by atoms with Crippen LogP contribution in [0.2, 0.25) is 0 Å². The number of ether oxygens (including phenoxy) is 4. The Kier molecular flexibility index (Phi) is 8.94. The molecular formula is C27H30O5S. The monoisotopic (exact) mass is 466 g/mol. The van der Waals surface area contributed by atoms with Crippen molar-refractivity contribution in [2.45, 2.75) is 49.7 Å². The summed E-state index contributed by atoms with van der Waals surface area (Å²) in [5.74, 6) is 0. The first-order chi connectivity index (χ1) is 16.2. The molecule has 33 heavy (non-hydrogen) atoms. The van der Waals surface area contributed by atoms with E-state index in [9.17, 15) is 5.11 Å². The van der Waals surface area contributed by atoms with Gasteiger partial charge in [0.25, 0.3) is 0 Å². The highest BCUT2D eigenvalue weighted by Gasteiger charge is 2.45. The lowest BCUT2D eigenvalue weighted by Crippen LogP contribution is -2.59. The smallest absolute Gasteiger partial charge is 0.129 e. The lowest BCUT2D eigenvalue weighted by Gasteiger charge is -2.43. The largest absolute Gasteiger partial charge is 0.387 e. The van der Waals surface area contributed by atoms with Gasteiger partial charge in [-0.05, 0) is 16.7 Å². The number of thiol groups is 1. The van der Waals surface area contributed by atoms with Gasteiger partial charge in [-0.25, -0.2) is 0 Å². The predicted octanol–water partition coefficient (Wildman–Crippen LogP) is 4.39. The molecule has 4 rings (SSSR count). The minimum Gasteiger partial charge on any atom is -0.387 e. The topological polar surface area (TPSA) is 57.2 Å². The van der Waals surface area contributed by atoms with Gasteiger partial charge in [0.2, 0.25) is 0 Å². The van der Waals surface area contributed by atoms with Gasteiger partial charge in [-0.15, -0.1) is 12.6 Å². The first-order valence-electron chi connectivity index (χ1n) is 11.1. The highest BCUT2D eigenvalue weighted by atomic mass is 32.1. The van der Waals surface area contributed by atoms with Crippen LogP contribution >= 0.6 is 12.6 Å². The Hall–Kier alpha value is -2.19. The van der Waals surface area contributed by atoms with Crippen LogP contribution in [0, 0.1) is 0 Å². The summed E-state index contributed by atoms with van der Waals surface area (Å²) in [7, 11) is 0. The molecule has 1 fully saturated rings. The summed E-state index contributed by atoms with van der Waals surface area (Å²) < 4.78 is 24.4. The van der Waals surface area contributed by atoms with Gasteiger partial charge in [0, 0.05) is 0 Å². The molecule has 1 saturated heterocycles. The first-order valence-corrected chi connectivity index (χ1v) is 11.7. The molecule has 5 nitrogen and oxygen atoms in total. The summed E-state index contributed by atoms with van der Waals surface area (Å²) in [6.45, 7) is 1.48. The molecule has 3 aromatic rings. The molecule has 1 heterocycles. The molecule has 1 aliphatic heterocycles. The van der Waals surface area contributed by atoms with Crippen molar-refractivity contribution >= 4 is 12.6 Å². The van der Waals surface area contributed by atoms with Gasteiger partial charge in [0.05, 0.1) is 26.4 Å². The Morgan fingerprint density at radius 2 is 1.12 bits per heavy atom. The lowest BCUT2D eigenvalue weighted by atomic mass is 9.99. The second-order valence-corrected chi connectivity index (χ2v) is 8.59. The van der Waals surface area contributed by atoms with Crippen molar-refractivity contribution in [1.29, 1.82) is 0 Å². The third-order valence-electron chi connectivity index (χ3n) is 5.60. The maximum absolute atomic E-state index is 10.9. The van der Waals surface area contributed by atoms with Gasteiger partial charge in [0.15, 0.2) is 0 Å². The van der Waals surface area contributed by atoms with Crippen LogP contribution in [0.15, 0.2) is 91.0 Å². The zero-order valence-electron chi connectivity index (χ0n) is 18.4. The number of aliphatic hydroxyl groups is 1. The zero-order valence-corrected chi connectivity index (χ0v) is 19.3. The molecule has 0 aromatic heterocycles. The third-order valence-corrected chi connectivity index (χ3v) is 6.02. The number of aliphatic hydroxyl groups excluding tert-OH is 1. The van der Waals surface area contributed by atoms with Gasteiger partial charge in [-0.1, -0.05) is 91.0 Å². The normalized spacial score (nSPS) is 25.1. The van der Waals surface area contributed by atoms with Crippen molar-refractivity contribution in [2.24, 2.45) is 0 Å².